The Kier molecular flexibility index (Phi) is 7.01. The van der Waals surface area contributed by atoms with Gasteiger partial charge in [-0.3, -0.25) is 3.97 Å². The van der Waals surface area contributed by atoms with Gasteiger partial charge in [-0.2, -0.15) is 8.42 Å². The van der Waals surface area contributed by atoms with E-state index >= 15 is 0 Å². The van der Waals surface area contributed by atoms with Crippen molar-refractivity contribution in [2.24, 2.45) is 0 Å². The molecule has 0 heterocycles. The van der Waals surface area contributed by atoms with Gasteiger partial charge >= 0.3 is 0 Å². The van der Waals surface area contributed by atoms with Crippen LogP contribution in [0.5, 0.6) is 0 Å². The molecule has 0 aliphatic rings. The highest BCUT2D eigenvalue weighted by atomic mass is 32.2. The van der Waals surface area contributed by atoms with Crippen molar-refractivity contribution in [3.63, 3.8) is 0 Å². The van der Waals surface area contributed by atoms with Crippen molar-refractivity contribution in [1.82, 2.24) is 0 Å². The second-order valence-electron chi connectivity index (χ2n) is 6.79. The quantitative estimate of drug-likeness (QED) is 0.270. The van der Waals surface area contributed by atoms with Crippen LogP contribution in [0.3, 0.4) is 0 Å². The van der Waals surface area contributed by atoms with Crippen LogP contribution in [-0.4, -0.2) is 20.8 Å². The van der Waals surface area contributed by atoms with E-state index in [4.69, 9.17) is 3.97 Å². The zero-order chi connectivity index (χ0) is 19.9. The van der Waals surface area contributed by atoms with E-state index < -0.39 is 10.1 Å². The zero-order valence-corrected chi connectivity index (χ0v) is 17.7. The maximum Gasteiger partial charge on any atom is 0.267 e. The summed E-state index contributed by atoms with van der Waals surface area (Å²) in [5, 5.41) is 0. The monoisotopic (exact) mass is 412 g/mol. The second-order valence-corrected chi connectivity index (χ2v) is 9.65. The molecule has 0 aliphatic carbocycles. The molecule has 0 aromatic heterocycles. The van der Waals surface area contributed by atoms with Crippen molar-refractivity contribution in [1.29, 1.82) is 0 Å². The van der Waals surface area contributed by atoms with Crippen LogP contribution in [0.2, 0.25) is 0 Å². The van der Waals surface area contributed by atoms with Gasteiger partial charge in [0, 0.05) is 14.2 Å². The van der Waals surface area contributed by atoms with Crippen LogP contribution >= 0.6 is 8.81 Å². The van der Waals surface area contributed by atoms with Crippen LogP contribution in [0.15, 0.2) is 91.0 Å². The molecule has 0 aliphatic heterocycles. The largest absolute Gasteiger partial charge is 0.267 e. The van der Waals surface area contributed by atoms with Gasteiger partial charge in [0.15, 0.2) is 0 Å². The topological polar surface area (TPSA) is 43.4 Å². The minimum absolute atomic E-state index is 0.0454. The molecule has 0 fully saturated rings. The fourth-order valence-corrected chi connectivity index (χ4v) is 5.19. The van der Waals surface area contributed by atoms with Crippen molar-refractivity contribution in [2.75, 3.05) is 12.4 Å². The standard InChI is InChI=1S/C23H25O3PS/c1-28(24,25)26-27-19-11-18-23(20-12-5-2-6-13-20,21-14-7-3-8-15-21)22-16-9-4-10-17-22/h2-10,12-17,27H,11,18-19H2,1H3. The number of rotatable bonds is 9. The predicted octanol–water partition coefficient (Wildman–Crippen LogP) is 5.37. The average molecular weight is 412 g/mol. The minimum atomic E-state index is -3.38. The highest BCUT2D eigenvalue weighted by Gasteiger charge is 2.35. The SMILES string of the molecule is CS(=O)(=O)OPCCCC(c1ccccc1)(c1ccccc1)c1ccccc1. The minimum Gasteiger partial charge on any atom is -0.251 e. The molecule has 1 unspecified atom stereocenters. The molecule has 5 heteroatoms. The maximum atomic E-state index is 11.2. The Bertz CT molecular complexity index is 862. The van der Waals surface area contributed by atoms with Crippen LogP contribution in [0.1, 0.15) is 29.5 Å². The molecule has 146 valence electrons. The van der Waals surface area contributed by atoms with Gasteiger partial charge < -0.3 is 0 Å². The van der Waals surface area contributed by atoms with E-state index in [1.165, 1.54) is 16.7 Å². The van der Waals surface area contributed by atoms with Crippen molar-refractivity contribution < 1.29 is 12.4 Å². The van der Waals surface area contributed by atoms with Crippen molar-refractivity contribution >= 4 is 18.9 Å². The number of hydrogen-bond donors (Lipinski definition) is 0. The summed E-state index contributed by atoms with van der Waals surface area (Å²) < 4.78 is 27.4. The van der Waals surface area contributed by atoms with Crippen LogP contribution in [0, 0.1) is 0 Å². The Morgan fingerprint density at radius 1 is 0.750 bits per heavy atom. The third-order valence-corrected chi connectivity index (χ3v) is 7.08. The summed E-state index contributed by atoms with van der Waals surface area (Å²) in [6.45, 7) is 0. The van der Waals surface area contributed by atoms with E-state index in [1.54, 1.807) is 0 Å². The smallest absolute Gasteiger partial charge is 0.251 e. The molecule has 0 spiro atoms. The van der Waals surface area contributed by atoms with Crippen LogP contribution in [-0.2, 0) is 19.5 Å². The Hall–Kier alpha value is -2.00. The molecular formula is C23H25O3PS. The third kappa shape index (κ3) is 5.08. The first-order valence-electron chi connectivity index (χ1n) is 9.30. The second kappa shape index (κ2) is 9.47. The van der Waals surface area contributed by atoms with Gasteiger partial charge in [0.05, 0.1) is 6.26 Å². The lowest BCUT2D eigenvalue weighted by molar-refractivity contribution is 0.516. The fourth-order valence-electron chi connectivity index (χ4n) is 3.68. The first-order valence-corrected chi connectivity index (χ1v) is 12.2. The molecule has 28 heavy (non-hydrogen) atoms. The van der Waals surface area contributed by atoms with Gasteiger partial charge in [-0.05, 0) is 35.7 Å². The number of benzene rings is 3. The Balaban J connectivity index is 1.99. The van der Waals surface area contributed by atoms with Crippen molar-refractivity contribution in [3.05, 3.63) is 108 Å². The lowest BCUT2D eigenvalue weighted by Gasteiger charge is -2.36. The molecule has 0 saturated heterocycles. The Morgan fingerprint density at radius 3 is 1.50 bits per heavy atom. The molecule has 0 saturated carbocycles. The Morgan fingerprint density at radius 2 is 1.14 bits per heavy atom. The van der Waals surface area contributed by atoms with Gasteiger partial charge in [0.25, 0.3) is 10.1 Å². The Labute approximate surface area is 169 Å². The van der Waals surface area contributed by atoms with Gasteiger partial charge in [-0.15, -0.1) is 0 Å². The summed E-state index contributed by atoms with van der Waals surface area (Å²) in [6, 6.07) is 31.6. The molecule has 1 atom stereocenters. The van der Waals surface area contributed by atoms with Crippen LogP contribution in [0.4, 0.5) is 0 Å². The first kappa shape index (κ1) is 20.7. The van der Waals surface area contributed by atoms with Gasteiger partial charge in [-0.1, -0.05) is 91.0 Å². The van der Waals surface area contributed by atoms with Crippen LogP contribution < -0.4 is 0 Å². The summed E-state index contributed by atoms with van der Waals surface area (Å²) in [7, 11) is -3.43. The van der Waals surface area contributed by atoms with E-state index in [1.807, 2.05) is 18.2 Å². The summed E-state index contributed by atoms with van der Waals surface area (Å²) in [5.41, 5.74) is 3.42. The maximum absolute atomic E-state index is 11.2. The molecule has 0 bridgehead atoms. The predicted molar refractivity (Wildman–Crippen MR) is 118 cm³/mol. The van der Waals surface area contributed by atoms with E-state index in [2.05, 4.69) is 72.8 Å². The lowest BCUT2D eigenvalue weighted by Crippen LogP contribution is -2.29. The molecule has 3 aromatic carbocycles. The number of hydrogen-bond acceptors (Lipinski definition) is 3. The highest BCUT2D eigenvalue weighted by Crippen LogP contribution is 2.43. The first-order chi connectivity index (χ1) is 13.5. The van der Waals surface area contributed by atoms with Crippen molar-refractivity contribution in [3.8, 4) is 0 Å². The third-order valence-electron chi connectivity index (χ3n) is 4.84. The summed E-state index contributed by atoms with van der Waals surface area (Å²) in [4.78, 5) is 0. The molecule has 3 rings (SSSR count). The summed E-state index contributed by atoms with van der Waals surface area (Å²) in [6.07, 6.45) is 3.53. The molecule has 0 radical (unpaired) electrons. The molecule has 3 aromatic rings. The molecule has 3 nitrogen and oxygen atoms in total. The lowest BCUT2D eigenvalue weighted by atomic mass is 9.67. The van der Waals surface area contributed by atoms with Crippen molar-refractivity contribution in [2.45, 2.75) is 18.3 Å². The highest BCUT2D eigenvalue weighted by molar-refractivity contribution is 7.88. The summed E-state index contributed by atoms with van der Waals surface area (Å²) >= 11 is 0. The normalized spacial score (nSPS) is 12.5. The van der Waals surface area contributed by atoms with E-state index in [0.717, 1.165) is 19.1 Å². The average Bonchev–Trinajstić information content (AvgIpc) is 2.72. The molecular weight excluding hydrogens is 387 g/mol. The summed E-state index contributed by atoms with van der Waals surface area (Å²) in [5.74, 6) is 0. The fraction of sp³-hybridized carbons (Fsp3) is 0.217. The molecule has 0 N–H and O–H groups in total. The van der Waals surface area contributed by atoms with E-state index in [9.17, 15) is 8.42 Å². The zero-order valence-electron chi connectivity index (χ0n) is 15.9. The van der Waals surface area contributed by atoms with Gasteiger partial charge in [-0.25, -0.2) is 0 Å². The van der Waals surface area contributed by atoms with Gasteiger partial charge in [0.1, 0.15) is 0 Å². The van der Waals surface area contributed by atoms with Gasteiger partial charge in [0.2, 0.25) is 0 Å². The van der Waals surface area contributed by atoms with E-state index in [-0.39, 0.29) is 14.2 Å². The van der Waals surface area contributed by atoms with E-state index in [0.29, 0.717) is 6.16 Å². The molecule has 0 amide bonds. The van der Waals surface area contributed by atoms with Crippen LogP contribution in [0.25, 0.3) is 0 Å².